The lowest BCUT2D eigenvalue weighted by atomic mass is 10.1. The Balaban J connectivity index is 2.36. The Morgan fingerprint density at radius 2 is 2.17 bits per heavy atom. The Morgan fingerprint density at radius 3 is 2.89 bits per heavy atom. The van der Waals surface area contributed by atoms with E-state index in [2.05, 4.69) is 9.88 Å². The van der Waals surface area contributed by atoms with Gasteiger partial charge >= 0.3 is 0 Å². The summed E-state index contributed by atoms with van der Waals surface area (Å²) in [5, 5.41) is 9.54. The fraction of sp³-hybridized carbons (Fsp3) is 0.357. The van der Waals surface area contributed by atoms with Crippen molar-refractivity contribution in [2.75, 3.05) is 19.7 Å². The minimum absolute atomic E-state index is 0.125. The molecular weight excluding hydrogens is 231 g/mol. The average Bonchev–Trinajstić information content (AvgIpc) is 2.41. The molecule has 0 amide bonds. The molecule has 2 aromatic rings. The molecule has 0 atom stereocenters. The van der Waals surface area contributed by atoms with Crippen LogP contribution in [0.2, 0.25) is 0 Å². The van der Waals surface area contributed by atoms with Gasteiger partial charge in [-0.3, -0.25) is 9.88 Å². The molecule has 0 aliphatic heterocycles. The molecule has 1 aromatic heterocycles. The van der Waals surface area contributed by atoms with Gasteiger partial charge in [-0.2, -0.15) is 0 Å². The molecule has 1 aromatic carbocycles. The smallest absolute Gasteiger partial charge is 0.132 e. The molecule has 0 radical (unpaired) electrons. The molecule has 1 heterocycles. The van der Waals surface area contributed by atoms with Gasteiger partial charge in [-0.15, -0.1) is 0 Å². The molecule has 0 fully saturated rings. The molecule has 0 bridgehead atoms. The van der Waals surface area contributed by atoms with E-state index in [4.69, 9.17) is 5.11 Å². The third kappa shape index (κ3) is 2.66. The van der Waals surface area contributed by atoms with E-state index >= 15 is 0 Å². The van der Waals surface area contributed by atoms with Gasteiger partial charge in [0.05, 0.1) is 12.1 Å². The monoisotopic (exact) mass is 248 g/mol. The van der Waals surface area contributed by atoms with Crippen LogP contribution >= 0.6 is 0 Å². The van der Waals surface area contributed by atoms with Crippen LogP contribution in [0.25, 0.3) is 10.9 Å². The summed E-state index contributed by atoms with van der Waals surface area (Å²) in [7, 11) is 0. The highest BCUT2D eigenvalue weighted by Gasteiger charge is 2.09. The molecule has 1 N–H and O–H groups in total. The predicted molar refractivity (Wildman–Crippen MR) is 69.7 cm³/mol. The molecule has 2 rings (SSSR count). The standard InChI is InChI=1S/C14H17FN2O/c1-2-17(8-9-18)10-11-5-6-13(15)12-4-3-7-16-14(11)12/h3-7,18H,2,8-10H2,1H3. The SMILES string of the molecule is CCN(CCO)Cc1ccc(F)c2cccnc12. The second kappa shape index (κ2) is 5.89. The summed E-state index contributed by atoms with van der Waals surface area (Å²) in [6.07, 6.45) is 1.67. The lowest BCUT2D eigenvalue weighted by Gasteiger charge is -2.19. The van der Waals surface area contributed by atoms with E-state index in [1.807, 2.05) is 6.92 Å². The number of pyridine rings is 1. The van der Waals surface area contributed by atoms with Gasteiger partial charge in [-0.1, -0.05) is 13.0 Å². The van der Waals surface area contributed by atoms with Crippen LogP contribution in [0.1, 0.15) is 12.5 Å². The number of rotatable bonds is 5. The Bertz CT molecular complexity index is 530. The number of hydrogen-bond acceptors (Lipinski definition) is 3. The molecular formula is C14H17FN2O. The second-order valence-electron chi connectivity index (χ2n) is 4.20. The molecule has 0 spiro atoms. The normalized spacial score (nSPS) is 11.3. The quantitative estimate of drug-likeness (QED) is 0.881. The Hall–Kier alpha value is -1.52. The highest BCUT2D eigenvalue weighted by Crippen LogP contribution is 2.20. The van der Waals surface area contributed by atoms with Crippen LogP contribution in [0, 0.1) is 5.82 Å². The number of hydrogen-bond donors (Lipinski definition) is 1. The number of aromatic nitrogens is 1. The molecule has 18 heavy (non-hydrogen) atoms. The molecule has 0 saturated carbocycles. The van der Waals surface area contributed by atoms with E-state index < -0.39 is 0 Å². The summed E-state index contributed by atoms with van der Waals surface area (Å²) < 4.78 is 13.6. The van der Waals surface area contributed by atoms with Crippen LogP contribution in [0.3, 0.4) is 0 Å². The van der Waals surface area contributed by atoms with Crippen LogP contribution in [-0.4, -0.2) is 34.7 Å². The summed E-state index contributed by atoms with van der Waals surface area (Å²) >= 11 is 0. The maximum atomic E-state index is 13.6. The van der Waals surface area contributed by atoms with Gasteiger partial charge in [0.2, 0.25) is 0 Å². The maximum Gasteiger partial charge on any atom is 0.132 e. The van der Waals surface area contributed by atoms with Gasteiger partial charge in [0.15, 0.2) is 0 Å². The van der Waals surface area contributed by atoms with Gasteiger partial charge in [0.25, 0.3) is 0 Å². The van der Waals surface area contributed by atoms with E-state index in [0.29, 0.717) is 24.0 Å². The highest BCUT2D eigenvalue weighted by molar-refractivity contribution is 5.82. The van der Waals surface area contributed by atoms with Crippen molar-refractivity contribution in [2.24, 2.45) is 0 Å². The Labute approximate surface area is 106 Å². The van der Waals surface area contributed by atoms with Crippen molar-refractivity contribution in [1.82, 2.24) is 9.88 Å². The molecule has 3 nitrogen and oxygen atoms in total. The molecule has 0 saturated heterocycles. The van der Waals surface area contributed by atoms with Gasteiger partial charge in [0.1, 0.15) is 5.82 Å². The number of aliphatic hydroxyl groups is 1. The third-order valence-electron chi connectivity index (χ3n) is 3.06. The minimum Gasteiger partial charge on any atom is -0.395 e. The fourth-order valence-corrected chi connectivity index (χ4v) is 2.06. The van der Waals surface area contributed by atoms with Gasteiger partial charge in [-0.25, -0.2) is 4.39 Å². The number of fused-ring (bicyclic) bond motifs is 1. The predicted octanol–water partition coefficient (Wildman–Crippen LogP) is 2.19. The van der Waals surface area contributed by atoms with Crippen molar-refractivity contribution in [3.05, 3.63) is 41.8 Å². The van der Waals surface area contributed by atoms with Crippen molar-refractivity contribution in [3.63, 3.8) is 0 Å². The van der Waals surface area contributed by atoms with Crippen LogP contribution < -0.4 is 0 Å². The fourth-order valence-electron chi connectivity index (χ4n) is 2.06. The number of halogens is 1. The summed E-state index contributed by atoms with van der Waals surface area (Å²) in [4.78, 5) is 6.36. The Kier molecular flexibility index (Phi) is 4.23. The van der Waals surface area contributed by atoms with E-state index in [1.165, 1.54) is 6.07 Å². The van der Waals surface area contributed by atoms with Crippen molar-refractivity contribution >= 4 is 10.9 Å². The van der Waals surface area contributed by atoms with Gasteiger partial charge < -0.3 is 5.11 Å². The van der Waals surface area contributed by atoms with E-state index in [1.54, 1.807) is 24.4 Å². The van der Waals surface area contributed by atoms with Gasteiger partial charge in [-0.05, 0) is 30.3 Å². The van der Waals surface area contributed by atoms with Crippen molar-refractivity contribution in [2.45, 2.75) is 13.5 Å². The minimum atomic E-state index is -0.243. The first-order valence-electron chi connectivity index (χ1n) is 6.11. The molecule has 4 heteroatoms. The van der Waals surface area contributed by atoms with Crippen molar-refractivity contribution < 1.29 is 9.50 Å². The number of likely N-dealkylation sites (N-methyl/N-ethyl adjacent to an activating group) is 1. The van der Waals surface area contributed by atoms with E-state index in [-0.39, 0.29) is 12.4 Å². The van der Waals surface area contributed by atoms with Gasteiger partial charge in [0, 0.05) is 24.7 Å². The largest absolute Gasteiger partial charge is 0.395 e. The zero-order valence-electron chi connectivity index (χ0n) is 10.4. The first kappa shape index (κ1) is 12.9. The van der Waals surface area contributed by atoms with Crippen molar-refractivity contribution in [3.8, 4) is 0 Å². The van der Waals surface area contributed by atoms with Crippen LogP contribution in [0.4, 0.5) is 4.39 Å². The molecule has 0 aliphatic rings. The second-order valence-corrected chi connectivity index (χ2v) is 4.20. The Morgan fingerprint density at radius 1 is 1.33 bits per heavy atom. The van der Waals surface area contributed by atoms with E-state index in [9.17, 15) is 4.39 Å². The number of aliphatic hydroxyl groups excluding tert-OH is 1. The lowest BCUT2D eigenvalue weighted by molar-refractivity contribution is 0.197. The number of nitrogens with zero attached hydrogens (tertiary/aromatic N) is 2. The summed E-state index contributed by atoms with van der Waals surface area (Å²) in [6.45, 7) is 4.29. The zero-order valence-corrected chi connectivity index (χ0v) is 10.4. The zero-order chi connectivity index (χ0) is 13.0. The lowest BCUT2D eigenvalue weighted by Crippen LogP contribution is -2.26. The maximum absolute atomic E-state index is 13.6. The first-order valence-corrected chi connectivity index (χ1v) is 6.11. The van der Waals surface area contributed by atoms with Crippen LogP contribution in [0.5, 0.6) is 0 Å². The molecule has 0 unspecified atom stereocenters. The van der Waals surface area contributed by atoms with Crippen LogP contribution in [0.15, 0.2) is 30.5 Å². The van der Waals surface area contributed by atoms with E-state index in [0.717, 1.165) is 12.1 Å². The molecule has 96 valence electrons. The summed E-state index contributed by atoms with van der Waals surface area (Å²) in [5.41, 5.74) is 1.69. The molecule has 0 aliphatic carbocycles. The van der Waals surface area contributed by atoms with Crippen molar-refractivity contribution in [1.29, 1.82) is 0 Å². The van der Waals surface area contributed by atoms with Crippen LogP contribution in [-0.2, 0) is 6.54 Å². The topological polar surface area (TPSA) is 36.4 Å². The third-order valence-corrected chi connectivity index (χ3v) is 3.06. The highest BCUT2D eigenvalue weighted by atomic mass is 19.1. The summed E-state index contributed by atoms with van der Waals surface area (Å²) in [6, 6.07) is 6.72. The average molecular weight is 248 g/mol. The summed E-state index contributed by atoms with van der Waals surface area (Å²) in [5.74, 6) is -0.243. The first-order chi connectivity index (χ1) is 8.76. The number of benzene rings is 1.